The largest absolute Gasteiger partial charge is 0.712 e. The lowest BCUT2D eigenvalue weighted by atomic mass is 10.2. The Balaban J connectivity index is 4.31. The second-order valence-corrected chi connectivity index (χ2v) is 5.54. The summed E-state index contributed by atoms with van der Waals surface area (Å²) in [5, 5.41) is 5.67. The Hall–Kier alpha value is -0.110. The fraction of sp³-hybridized carbons (Fsp3) is 1.00. The van der Waals surface area contributed by atoms with Crippen LogP contribution in [0.2, 0.25) is 0 Å². The summed E-state index contributed by atoms with van der Waals surface area (Å²) in [6, 6.07) is 0. The second-order valence-electron chi connectivity index (χ2n) is 3.02. The van der Waals surface area contributed by atoms with Crippen molar-refractivity contribution in [3.63, 3.8) is 0 Å². The van der Waals surface area contributed by atoms with E-state index in [0.29, 0.717) is 13.1 Å². The highest BCUT2D eigenvalue weighted by Crippen LogP contribution is 2.20. The van der Waals surface area contributed by atoms with E-state index >= 15 is 0 Å². The lowest BCUT2D eigenvalue weighted by Gasteiger charge is -2.13. The maximum Gasteiger partial charge on any atom is 0.712 e. The van der Waals surface area contributed by atoms with Crippen LogP contribution in [-0.4, -0.2) is 46.2 Å². The van der Waals surface area contributed by atoms with E-state index in [1.54, 1.807) is 14.1 Å². The van der Waals surface area contributed by atoms with Crippen molar-refractivity contribution in [3.05, 3.63) is 0 Å². The highest BCUT2D eigenvalue weighted by Gasteiger charge is 2.29. The molecule has 9 heteroatoms. The van der Waals surface area contributed by atoms with Gasteiger partial charge in [0.05, 0.1) is 5.75 Å². The van der Waals surface area contributed by atoms with Gasteiger partial charge in [-0.3, -0.25) is 0 Å². The van der Waals surface area contributed by atoms with Gasteiger partial charge in [0.1, 0.15) is 0 Å². The minimum absolute atomic E-state index is 0.208. The summed E-state index contributed by atoms with van der Waals surface area (Å²) in [6.45, 7) is 0.956. The van der Waals surface area contributed by atoms with E-state index in [0.717, 1.165) is 0 Å². The second kappa shape index (κ2) is 7.21. The van der Waals surface area contributed by atoms with Crippen LogP contribution in [0.3, 0.4) is 0 Å². The molecular weight excluding hydrogens is 243 g/mol. The average Bonchev–Trinajstić information content (AvgIpc) is 2.01. The zero-order valence-electron chi connectivity index (χ0n) is 8.63. The Morgan fingerprint density at radius 1 is 1.33 bits per heavy atom. The molecule has 0 aromatic carbocycles. The highest BCUT2D eigenvalue weighted by atomic mass is 32.2. The van der Waals surface area contributed by atoms with E-state index in [-0.39, 0.29) is 11.7 Å². The molecule has 7 nitrogen and oxygen atoms in total. The molecule has 0 aromatic heterocycles. The Kier molecular flexibility index (Phi) is 7.16. The number of hydrogen-bond donors (Lipinski definition) is 3. The van der Waals surface area contributed by atoms with Gasteiger partial charge in [-0.25, -0.2) is 0 Å². The summed E-state index contributed by atoms with van der Waals surface area (Å²) in [4.78, 5) is 8.34. The zero-order chi connectivity index (χ0) is 11.9. The molecule has 0 saturated heterocycles. The van der Waals surface area contributed by atoms with E-state index in [2.05, 4.69) is 14.6 Å². The monoisotopic (exact) mass is 259 g/mol. The molecule has 0 aliphatic carbocycles. The van der Waals surface area contributed by atoms with Crippen molar-refractivity contribution in [2.45, 2.75) is 0 Å². The number of hydrogen-bond acceptors (Lipinski definition) is 6. The molecule has 0 amide bonds. The van der Waals surface area contributed by atoms with Gasteiger partial charge in [0.15, 0.2) is 0 Å². The Labute approximate surface area is 90.3 Å². The van der Waals surface area contributed by atoms with E-state index < -0.39 is 18.4 Å². The summed E-state index contributed by atoms with van der Waals surface area (Å²) in [6.07, 6.45) is 0. The molecule has 0 heterocycles. The Morgan fingerprint density at radius 3 is 2.13 bits per heavy atom. The predicted molar refractivity (Wildman–Crippen MR) is 56.0 cm³/mol. The summed E-state index contributed by atoms with van der Waals surface area (Å²) in [5.74, 6) is -0.504. The van der Waals surface area contributed by atoms with Gasteiger partial charge in [0, 0.05) is 14.5 Å². The third kappa shape index (κ3) is 7.78. The number of rotatable bonds is 8. The molecule has 0 saturated carbocycles. The van der Waals surface area contributed by atoms with Crippen LogP contribution in [0.4, 0.5) is 0 Å². The van der Waals surface area contributed by atoms with Gasteiger partial charge in [0.25, 0.3) is 0 Å². The van der Waals surface area contributed by atoms with E-state index in [9.17, 15) is 13.0 Å². The topological polar surface area (TPSA) is 105 Å². The lowest BCUT2D eigenvalue weighted by molar-refractivity contribution is 0.397. The Morgan fingerprint density at radius 2 is 1.80 bits per heavy atom. The van der Waals surface area contributed by atoms with Crippen molar-refractivity contribution in [1.29, 1.82) is 0 Å². The summed E-state index contributed by atoms with van der Waals surface area (Å²) in [7, 11) is -3.66. The summed E-state index contributed by atoms with van der Waals surface area (Å²) < 4.78 is 36.5. The minimum Gasteiger partial charge on any atom is -0.319 e. The van der Waals surface area contributed by atoms with Crippen LogP contribution >= 0.6 is 8.25 Å². The van der Waals surface area contributed by atoms with E-state index in [4.69, 9.17) is 4.89 Å². The maximum atomic E-state index is 11.2. The standard InChI is InChI=1S/C6H15N2O5PS/c1-7-3-6(4-8-2)5-15(11,12)13-14(9)10/h6-8H,3-5H2,1-2H3/p+1. The first-order chi connectivity index (χ1) is 6.91. The fourth-order valence-corrected chi connectivity index (χ4v) is 3.02. The van der Waals surface area contributed by atoms with E-state index in [1.165, 1.54) is 0 Å². The first kappa shape index (κ1) is 14.9. The lowest BCUT2D eigenvalue weighted by Crippen LogP contribution is -2.33. The van der Waals surface area contributed by atoms with Gasteiger partial charge < -0.3 is 10.6 Å². The molecule has 0 aromatic rings. The molecule has 1 atom stereocenters. The van der Waals surface area contributed by atoms with Crippen LogP contribution in [0.25, 0.3) is 0 Å². The molecule has 0 fully saturated rings. The van der Waals surface area contributed by atoms with Crippen LogP contribution in [0, 0.1) is 5.92 Å². The highest BCUT2D eigenvalue weighted by molar-refractivity contribution is 7.89. The van der Waals surface area contributed by atoms with Crippen molar-refractivity contribution in [2.24, 2.45) is 5.92 Å². The molecule has 0 aliphatic rings. The van der Waals surface area contributed by atoms with Crippen LogP contribution < -0.4 is 10.6 Å². The van der Waals surface area contributed by atoms with Crippen molar-refractivity contribution < 1.29 is 21.8 Å². The van der Waals surface area contributed by atoms with Crippen molar-refractivity contribution in [3.8, 4) is 0 Å². The van der Waals surface area contributed by atoms with Gasteiger partial charge in [-0.1, -0.05) is 0 Å². The van der Waals surface area contributed by atoms with Crippen molar-refractivity contribution >= 4 is 18.4 Å². The van der Waals surface area contributed by atoms with Gasteiger partial charge in [-0.05, 0) is 27.2 Å². The van der Waals surface area contributed by atoms with Crippen LogP contribution in [0.15, 0.2) is 0 Å². The van der Waals surface area contributed by atoms with Gasteiger partial charge in [0.2, 0.25) is 0 Å². The van der Waals surface area contributed by atoms with Crippen LogP contribution in [-0.2, 0) is 18.7 Å². The predicted octanol–water partition coefficient (Wildman–Crippen LogP) is -0.962. The maximum absolute atomic E-state index is 11.2. The summed E-state index contributed by atoms with van der Waals surface area (Å²) >= 11 is 0. The smallest absolute Gasteiger partial charge is 0.319 e. The summed E-state index contributed by atoms with van der Waals surface area (Å²) in [5.41, 5.74) is 0. The molecule has 90 valence electrons. The van der Waals surface area contributed by atoms with Gasteiger partial charge >= 0.3 is 18.4 Å². The minimum atomic E-state index is -3.94. The van der Waals surface area contributed by atoms with E-state index in [1.807, 2.05) is 0 Å². The van der Waals surface area contributed by atoms with Gasteiger partial charge in [-0.15, -0.1) is 4.89 Å². The molecule has 0 radical (unpaired) electrons. The third-order valence-electron chi connectivity index (χ3n) is 1.60. The average molecular weight is 259 g/mol. The number of nitrogens with one attached hydrogen (secondary N) is 2. The fourth-order valence-electron chi connectivity index (χ4n) is 1.18. The molecule has 0 spiro atoms. The quantitative estimate of drug-likeness (QED) is 0.482. The first-order valence-corrected chi connectivity index (χ1v) is 6.99. The first-order valence-electron chi connectivity index (χ1n) is 4.29. The van der Waals surface area contributed by atoms with Gasteiger partial charge in [-0.2, -0.15) is 8.42 Å². The Bertz CT molecular complexity index is 288. The van der Waals surface area contributed by atoms with Crippen LogP contribution in [0.1, 0.15) is 0 Å². The SMILES string of the molecule is CNCC(CNC)CS(=O)(=O)O[P+](=O)O. The third-order valence-corrected chi connectivity index (χ3v) is 3.90. The molecule has 1 unspecified atom stereocenters. The van der Waals surface area contributed by atoms with Crippen molar-refractivity contribution in [1.82, 2.24) is 10.6 Å². The molecule has 0 rings (SSSR count). The normalized spacial score (nSPS) is 13.2. The molecular formula is C6H16N2O5PS+. The van der Waals surface area contributed by atoms with Crippen molar-refractivity contribution in [2.75, 3.05) is 32.9 Å². The van der Waals surface area contributed by atoms with Crippen LogP contribution in [0.5, 0.6) is 0 Å². The molecule has 3 N–H and O–H groups in total. The molecule has 0 aliphatic heterocycles. The zero-order valence-corrected chi connectivity index (χ0v) is 10.3. The molecule has 15 heavy (non-hydrogen) atoms. The molecule has 0 bridgehead atoms.